The number of nitrogens with zero attached hydrogens (tertiary/aromatic N) is 3. The van der Waals surface area contributed by atoms with E-state index in [0.717, 1.165) is 11.1 Å². The standard InChI is InChI=1S/C26H24Cl2N6O4S/c27-19-8-6-18(7-9-19)25-22(17-4-2-1-3-5-17)16-34(32-25)26(31-15-24(36)30-14-23(29)35)33-39(37,38)21-12-10-20(28)11-13-21/h1-13,22H,14-16H2,(H2,29,35)(H,30,36)(H,31,33). The number of nitrogens with two attached hydrogens (primary N) is 1. The Hall–Kier alpha value is -3.93. The number of guanidine groups is 1. The number of sulfonamides is 1. The molecule has 0 bridgehead atoms. The van der Waals surface area contributed by atoms with Crippen LogP contribution < -0.4 is 16.4 Å². The maximum absolute atomic E-state index is 13.2. The molecule has 1 aliphatic rings. The molecule has 1 heterocycles. The van der Waals surface area contributed by atoms with Crippen molar-refractivity contribution in [2.24, 2.45) is 15.2 Å². The lowest BCUT2D eigenvalue weighted by Crippen LogP contribution is -2.45. The van der Waals surface area contributed by atoms with E-state index < -0.39 is 21.8 Å². The van der Waals surface area contributed by atoms with E-state index in [4.69, 9.17) is 34.0 Å². The first-order valence-corrected chi connectivity index (χ1v) is 13.9. The van der Waals surface area contributed by atoms with E-state index in [2.05, 4.69) is 15.0 Å². The van der Waals surface area contributed by atoms with Crippen LogP contribution in [0.4, 0.5) is 0 Å². The highest BCUT2D eigenvalue weighted by Gasteiger charge is 2.32. The second-order valence-electron chi connectivity index (χ2n) is 8.48. The third kappa shape index (κ3) is 7.34. The van der Waals surface area contributed by atoms with Gasteiger partial charge in [-0.3, -0.25) is 9.59 Å². The van der Waals surface area contributed by atoms with E-state index in [1.807, 2.05) is 42.5 Å². The summed E-state index contributed by atoms with van der Waals surface area (Å²) in [6.07, 6.45) is 0. The van der Waals surface area contributed by atoms with Crippen LogP contribution in [-0.2, 0) is 19.6 Å². The molecule has 4 rings (SSSR count). The molecule has 4 N–H and O–H groups in total. The van der Waals surface area contributed by atoms with Crippen molar-refractivity contribution in [2.75, 3.05) is 19.6 Å². The monoisotopic (exact) mass is 586 g/mol. The summed E-state index contributed by atoms with van der Waals surface area (Å²) in [7, 11) is -4.22. The molecular weight excluding hydrogens is 563 g/mol. The number of rotatable bonds is 8. The van der Waals surface area contributed by atoms with Crippen molar-refractivity contribution in [1.82, 2.24) is 15.6 Å². The fourth-order valence-electron chi connectivity index (χ4n) is 3.81. The minimum Gasteiger partial charge on any atom is -0.368 e. The van der Waals surface area contributed by atoms with Crippen molar-refractivity contribution in [3.8, 4) is 0 Å². The summed E-state index contributed by atoms with van der Waals surface area (Å²) < 4.78 is 30.4. The van der Waals surface area contributed by atoms with Gasteiger partial charge in [0.25, 0.3) is 10.0 Å². The van der Waals surface area contributed by atoms with Crippen LogP contribution >= 0.6 is 23.2 Å². The highest BCUT2D eigenvalue weighted by Crippen LogP contribution is 2.30. The van der Waals surface area contributed by atoms with Crippen molar-refractivity contribution in [3.63, 3.8) is 0 Å². The van der Waals surface area contributed by atoms with E-state index >= 15 is 0 Å². The topological polar surface area (TPSA) is 146 Å². The van der Waals surface area contributed by atoms with Crippen molar-refractivity contribution >= 4 is 56.7 Å². The maximum Gasteiger partial charge on any atom is 0.285 e. The number of benzene rings is 3. The smallest absolute Gasteiger partial charge is 0.285 e. The van der Waals surface area contributed by atoms with Crippen LogP contribution in [0.3, 0.4) is 0 Å². The largest absolute Gasteiger partial charge is 0.368 e. The molecule has 0 spiro atoms. The number of carbonyl (C=O) groups is 2. The van der Waals surface area contributed by atoms with Crippen LogP contribution in [0.1, 0.15) is 17.0 Å². The van der Waals surface area contributed by atoms with Gasteiger partial charge < -0.3 is 16.4 Å². The zero-order valence-corrected chi connectivity index (χ0v) is 22.7. The molecule has 0 radical (unpaired) electrons. The molecule has 0 saturated heterocycles. The number of halogens is 2. The van der Waals surface area contributed by atoms with E-state index in [0.29, 0.717) is 15.8 Å². The van der Waals surface area contributed by atoms with Gasteiger partial charge in [0.15, 0.2) is 0 Å². The first kappa shape index (κ1) is 28.1. The zero-order chi connectivity index (χ0) is 28.0. The quantitative estimate of drug-likeness (QED) is 0.273. The van der Waals surface area contributed by atoms with Crippen molar-refractivity contribution in [3.05, 3.63) is 100 Å². The first-order chi connectivity index (χ1) is 18.6. The average Bonchev–Trinajstić information content (AvgIpc) is 3.36. The van der Waals surface area contributed by atoms with Crippen LogP contribution in [0.2, 0.25) is 10.0 Å². The summed E-state index contributed by atoms with van der Waals surface area (Å²) >= 11 is 12.0. The van der Waals surface area contributed by atoms with Gasteiger partial charge in [0, 0.05) is 16.0 Å². The predicted molar refractivity (Wildman–Crippen MR) is 150 cm³/mol. The molecule has 13 heteroatoms. The van der Waals surface area contributed by atoms with Crippen molar-refractivity contribution in [2.45, 2.75) is 10.8 Å². The molecule has 39 heavy (non-hydrogen) atoms. The van der Waals surface area contributed by atoms with Gasteiger partial charge in [-0.1, -0.05) is 65.7 Å². The van der Waals surface area contributed by atoms with Crippen LogP contribution in [0.5, 0.6) is 0 Å². The molecule has 0 fully saturated rings. The van der Waals surface area contributed by atoms with E-state index in [1.54, 1.807) is 12.1 Å². The molecule has 10 nitrogen and oxygen atoms in total. The Balaban J connectivity index is 1.72. The Morgan fingerprint density at radius 1 is 0.923 bits per heavy atom. The van der Waals surface area contributed by atoms with E-state index in [1.165, 1.54) is 29.3 Å². The fraction of sp³-hybridized carbons (Fsp3) is 0.154. The third-order valence-corrected chi connectivity index (χ3v) is 7.47. The highest BCUT2D eigenvalue weighted by molar-refractivity contribution is 7.90. The molecule has 3 aromatic carbocycles. The van der Waals surface area contributed by atoms with Crippen molar-refractivity contribution < 1.29 is 18.0 Å². The third-order valence-electron chi connectivity index (χ3n) is 5.69. The zero-order valence-electron chi connectivity index (χ0n) is 20.4. The molecule has 0 saturated carbocycles. The molecule has 1 unspecified atom stereocenters. The number of carbonyl (C=O) groups excluding carboxylic acids is 2. The van der Waals surface area contributed by atoms with Gasteiger partial charge in [0.05, 0.1) is 30.2 Å². The molecule has 2 amide bonds. The number of hydrazone groups is 1. The Bertz CT molecular complexity index is 1510. The summed E-state index contributed by atoms with van der Waals surface area (Å²) in [6.45, 7) is -0.526. The summed E-state index contributed by atoms with van der Waals surface area (Å²) in [5.74, 6) is -1.73. The van der Waals surface area contributed by atoms with Crippen LogP contribution in [0, 0.1) is 0 Å². The van der Waals surface area contributed by atoms with Gasteiger partial charge in [-0.2, -0.15) is 13.5 Å². The number of hydrogen-bond acceptors (Lipinski definition) is 5. The lowest BCUT2D eigenvalue weighted by atomic mass is 9.91. The number of amides is 2. The molecule has 1 aliphatic heterocycles. The predicted octanol–water partition coefficient (Wildman–Crippen LogP) is 2.73. The Morgan fingerprint density at radius 2 is 1.54 bits per heavy atom. The lowest BCUT2D eigenvalue weighted by molar-refractivity contribution is -0.124. The van der Waals surface area contributed by atoms with Gasteiger partial charge in [-0.15, -0.1) is 4.40 Å². The summed E-state index contributed by atoms with van der Waals surface area (Å²) in [6, 6.07) is 22.3. The Labute approximate surface area is 235 Å². The van der Waals surface area contributed by atoms with Gasteiger partial charge in [-0.05, 0) is 47.5 Å². The van der Waals surface area contributed by atoms with Gasteiger partial charge in [0.2, 0.25) is 17.8 Å². The van der Waals surface area contributed by atoms with Crippen molar-refractivity contribution in [1.29, 1.82) is 0 Å². The highest BCUT2D eigenvalue weighted by atomic mass is 35.5. The Kier molecular flexibility index (Phi) is 8.85. The van der Waals surface area contributed by atoms with E-state index in [-0.39, 0.29) is 36.4 Å². The summed E-state index contributed by atoms with van der Waals surface area (Å²) in [5, 5.41) is 12.1. The molecule has 3 aromatic rings. The van der Waals surface area contributed by atoms with Crippen LogP contribution in [0.15, 0.2) is 93.3 Å². The maximum atomic E-state index is 13.2. The SMILES string of the molecule is NC(=O)CNC(=O)CN/C(=N/S(=O)(=O)c1ccc(Cl)cc1)N1CC(c2ccccc2)C(c2ccc(Cl)cc2)=N1. The second-order valence-corrected chi connectivity index (χ2v) is 11.0. The number of primary amides is 1. The molecule has 202 valence electrons. The molecule has 1 atom stereocenters. The Morgan fingerprint density at radius 3 is 2.15 bits per heavy atom. The second kappa shape index (κ2) is 12.3. The van der Waals surface area contributed by atoms with Gasteiger partial charge >= 0.3 is 0 Å². The molecular formula is C26H24Cl2N6O4S. The van der Waals surface area contributed by atoms with Crippen LogP contribution in [-0.4, -0.2) is 56.5 Å². The van der Waals surface area contributed by atoms with E-state index in [9.17, 15) is 18.0 Å². The first-order valence-electron chi connectivity index (χ1n) is 11.7. The molecule has 0 aromatic heterocycles. The normalized spacial score (nSPS) is 15.5. The number of nitrogens with one attached hydrogen (secondary N) is 2. The van der Waals surface area contributed by atoms with Crippen LogP contribution in [0.25, 0.3) is 0 Å². The lowest BCUT2D eigenvalue weighted by Gasteiger charge is -2.19. The number of hydrogen-bond donors (Lipinski definition) is 3. The minimum absolute atomic E-state index is 0.0925. The summed E-state index contributed by atoms with van der Waals surface area (Å²) in [5.41, 5.74) is 7.48. The average molecular weight is 587 g/mol. The fourth-order valence-corrected chi connectivity index (χ4v) is 5.04. The summed E-state index contributed by atoms with van der Waals surface area (Å²) in [4.78, 5) is 23.2. The van der Waals surface area contributed by atoms with Gasteiger partial charge in [0.1, 0.15) is 0 Å². The molecule has 0 aliphatic carbocycles. The minimum atomic E-state index is -4.22. The van der Waals surface area contributed by atoms with Gasteiger partial charge in [-0.25, -0.2) is 5.01 Å².